The SMILES string of the molecule is O=C(COc1ccccc1)Nc1cc(C(=O)NCCc2ccccc2)ccc1Cl. The number of rotatable bonds is 8. The van der Waals surface area contributed by atoms with E-state index >= 15 is 0 Å². The van der Waals surface area contributed by atoms with E-state index in [9.17, 15) is 9.59 Å². The lowest BCUT2D eigenvalue weighted by molar-refractivity contribution is -0.118. The summed E-state index contributed by atoms with van der Waals surface area (Å²) in [7, 11) is 0. The van der Waals surface area contributed by atoms with E-state index in [1.807, 2.05) is 48.5 Å². The largest absolute Gasteiger partial charge is 0.484 e. The topological polar surface area (TPSA) is 67.4 Å². The van der Waals surface area contributed by atoms with Crippen LogP contribution in [0.5, 0.6) is 5.75 Å². The van der Waals surface area contributed by atoms with Gasteiger partial charge < -0.3 is 15.4 Å². The summed E-state index contributed by atoms with van der Waals surface area (Å²) in [5, 5.41) is 5.90. The van der Waals surface area contributed by atoms with Gasteiger partial charge in [0.25, 0.3) is 11.8 Å². The highest BCUT2D eigenvalue weighted by Crippen LogP contribution is 2.23. The molecule has 0 atom stereocenters. The van der Waals surface area contributed by atoms with Crippen molar-refractivity contribution in [2.24, 2.45) is 0 Å². The average Bonchev–Trinajstić information content (AvgIpc) is 2.75. The van der Waals surface area contributed by atoms with Gasteiger partial charge in [0.2, 0.25) is 0 Å². The van der Waals surface area contributed by atoms with Gasteiger partial charge >= 0.3 is 0 Å². The Morgan fingerprint density at radius 2 is 1.59 bits per heavy atom. The smallest absolute Gasteiger partial charge is 0.262 e. The van der Waals surface area contributed by atoms with Crippen LogP contribution in [0.1, 0.15) is 15.9 Å². The third-order valence-electron chi connectivity index (χ3n) is 4.16. The Balaban J connectivity index is 1.54. The summed E-state index contributed by atoms with van der Waals surface area (Å²) in [6, 6.07) is 23.7. The third-order valence-corrected chi connectivity index (χ3v) is 4.49. The quantitative estimate of drug-likeness (QED) is 0.583. The van der Waals surface area contributed by atoms with Gasteiger partial charge in [-0.15, -0.1) is 0 Å². The van der Waals surface area contributed by atoms with E-state index in [0.717, 1.165) is 12.0 Å². The first-order chi connectivity index (χ1) is 14.1. The van der Waals surface area contributed by atoms with Crippen molar-refractivity contribution in [2.45, 2.75) is 6.42 Å². The van der Waals surface area contributed by atoms with Crippen molar-refractivity contribution in [3.05, 3.63) is 95.0 Å². The fourth-order valence-corrected chi connectivity index (χ4v) is 2.85. The van der Waals surface area contributed by atoms with Crippen molar-refractivity contribution < 1.29 is 14.3 Å². The number of carbonyl (C=O) groups is 2. The lowest BCUT2D eigenvalue weighted by atomic mass is 10.1. The fraction of sp³-hybridized carbons (Fsp3) is 0.130. The van der Waals surface area contributed by atoms with Crippen LogP contribution < -0.4 is 15.4 Å². The molecule has 3 aromatic rings. The highest BCUT2D eigenvalue weighted by molar-refractivity contribution is 6.33. The van der Waals surface area contributed by atoms with Crippen LogP contribution in [0.25, 0.3) is 0 Å². The van der Waals surface area contributed by atoms with Crippen LogP contribution in [0.2, 0.25) is 5.02 Å². The molecule has 29 heavy (non-hydrogen) atoms. The van der Waals surface area contributed by atoms with Crippen LogP contribution >= 0.6 is 11.6 Å². The highest BCUT2D eigenvalue weighted by Gasteiger charge is 2.11. The summed E-state index contributed by atoms with van der Waals surface area (Å²) < 4.78 is 5.42. The fourth-order valence-electron chi connectivity index (χ4n) is 2.68. The number of nitrogens with one attached hydrogen (secondary N) is 2. The minimum absolute atomic E-state index is 0.159. The number of para-hydroxylation sites is 1. The van der Waals surface area contributed by atoms with Crippen LogP contribution in [0, 0.1) is 0 Å². The van der Waals surface area contributed by atoms with Crippen molar-refractivity contribution in [2.75, 3.05) is 18.5 Å². The standard InChI is InChI=1S/C23H21ClN2O3/c24-20-12-11-18(23(28)25-14-13-17-7-3-1-4-8-17)15-21(20)26-22(27)16-29-19-9-5-2-6-10-19/h1-12,15H,13-14,16H2,(H,25,28)(H,26,27). The minimum Gasteiger partial charge on any atom is -0.484 e. The normalized spacial score (nSPS) is 10.2. The van der Waals surface area contributed by atoms with E-state index < -0.39 is 0 Å². The van der Waals surface area contributed by atoms with Gasteiger partial charge in [-0.2, -0.15) is 0 Å². The third kappa shape index (κ3) is 6.36. The van der Waals surface area contributed by atoms with Gasteiger partial charge in [0.05, 0.1) is 10.7 Å². The molecular weight excluding hydrogens is 388 g/mol. The Kier molecular flexibility index (Phi) is 7.25. The van der Waals surface area contributed by atoms with E-state index in [-0.39, 0.29) is 18.4 Å². The maximum atomic E-state index is 12.4. The molecule has 0 unspecified atom stereocenters. The molecule has 3 aromatic carbocycles. The number of halogens is 1. The molecule has 0 fully saturated rings. The predicted molar refractivity (Wildman–Crippen MR) is 114 cm³/mol. The van der Waals surface area contributed by atoms with E-state index in [2.05, 4.69) is 10.6 Å². The molecule has 0 saturated heterocycles. The van der Waals surface area contributed by atoms with Crippen molar-refractivity contribution >= 4 is 29.1 Å². The Hall–Kier alpha value is -3.31. The number of hydrogen-bond acceptors (Lipinski definition) is 3. The second-order valence-electron chi connectivity index (χ2n) is 6.34. The van der Waals surface area contributed by atoms with Crippen LogP contribution in [0.3, 0.4) is 0 Å². The first-order valence-corrected chi connectivity index (χ1v) is 9.59. The summed E-state index contributed by atoms with van der Waals surface area (Å²) in [6.45, 7) is 0.353. The maximum absolute atomic E-state index is 12.4. The van der Waals surface area contributed by atoms with Gasteiger partial charge in [0.1, 0.15) is 5.75 Å². The molecule has 3 rings (SSSR count). The summed E-state index contributed by atoms with van der Waals surface area (Å²) in [4.78, 5) is 24.6. The van der Waals surface area contributed by atoms with Gasteiger partial charge in [0.15, 0.2) is 6.61 Å². The lowest BCUT2D eigenvalue weighted by Gasteiger charge is -2.11. The number of carbonyl (C=O) groups excluding carboxylic acids is 2. The zero-order valence-corrected chi connectivity index (χ0v) is 16.5. The predicted octanol–water partition coefficient (Wildman–Crippen LogP) is 4.33. The Bertz CT molecular complexity index is 962. The van der Waals surface area contributed by atoms with Crippen molar-refractivity contribution in [3.8, 4) is 5.75 Å². The monoisotopic (exact) mass is 408 g/mol. The van der Waals surface area contributed by atoms with Crippen LogP contribution in [0.4, 0.5) is 5.69 Å². The van der Waals surface area contributed by atoms with E-state index in [1.54, 1.807) is 30.3 Å². The molecule has 0 saturated carbocycles. The maximum Gasteiger partial charge on any atom is 0.262 e. The number of benzene rings is 3. The van der Waals surface area contributed by atoms with E-state index in [0.29, 0.717) is 28.6 Å². The van der Waals surface area contributed by atoms with Crippen LogP contribution in [-0.2, 0) is 11.2 Å². The van der Waals surface area contributed by atoms with Crippen molar-refractivity contribution in [1.82, 2.24) is 5.32 Å². The summed E-state index contributed by atoms with van der Waals surface area (Å²) in [5.74, 6) is 0.00585. The molecule has 2 amide bonds. The molecule has 5 nitrogen and oxygen atoms in total. The zero-order valence-electron chi connectivity index (χ0n) is 15.7. The molecular formula is C23H21ClN2O3. The van der Waals surface area contributed by atoms with Gasteiger partial charge in [-0.3, -0.25) is 9.59 Å². The lowest BCUT2D eigenvalue weighted by Crippen LogP contribution is -2.26. The van der Waals surface area contributed by atoms with Crippen LogP contribution in [0.15, 0.2) is 78.9 Å². The van der Waals surface area contributed by atoms with E-state index in [4.69, 9.17) is 16.3 Å². The number of anilines is 1. The molecule has 0 aliphatic heterocycles. The summed E-state index contributed by atoms with van der Waals surface area (Å²) in [5.41, 5.74) is 1.93. The first-order valence-electron chi connectivity index (χ1n) is 9.21. The molecule has 0 aliphatic rings. The minimum atomic E-state index is -0.364. The molecule has 2 N–H and O–H groups in total. The van der Waals surface area contributed by atoms with Gasteiger partial charge in [0, 0.05) is 12.1 Å². The summed E-state index contributed by atoms with van der Waals surface area (Å²) in [6.07, 6.45) is 0.737. The Labute approximate surface area is 174 Å². The molecule has 0 spiro atoms. The van der Waals surface area contributed by atoms with Gasteiger partial charge in [-0.05, 0) is 42.3 Å². The zero-order chi connectivity index (χ0) is 20.5. The molecule has 0 radical (unpaired) electrons. The highest BCUT2D eigenvalue weighted by atomic mass is 35.5. The number of amides is 2. The molecule has 0 aliphatic carbocycles. The second-order valence-corrected chi connectivity index (χ2v) is 6.74. The molecule has 0 aromatic heterocycles. The average molecular weight is 409 g/mol. The first kappa shape index (κ1) is 20.4. The molecule has 6 heteroatoms. The van der Waals surface area contributed by atoms with Crippen molar-refractivity contribution in [1.29, 1.82) is 0 Å². The van der Waals surface area contributed by atoms with E-state index in [1.165, 1.54) is 0 Å². The molecule has 0 bridgehead atoms. The number of ether oxygens (including phenoxy) is 1. The molecule has 0 heterocycles. The summed E-state index contributed by atoms with van der Waals surface area (Å²) >= 11 is 6.16. The Morgan fingerprint density at radius 1 is 0.897 bits per heavy atom. The number of hydrogen-bond donors (Lipinski definition) is 2. The van der Waals surface area contributed by atoms with Gasteiger partial charge in [-0.1, -0.05) is 60.1 Å². The van der Waals surface area contributed by atoms with Gasteiger partial charge in [-0.25, -0.2) is 0 Å². The molecule has 148 valence electrons. The van der Waals surface area contributed by atoms with Crippen LogP contribution in [-0.4, -0.2) is 25.0 Å². The second kappa shape index (κ2) is 10.3. The van der Waals surface area contributed by atoms with Crippen molar-refractivity contribution in [3.63, 3.8) is 0 Å². The Morgan fingerprint density at radius 3 is 2.31 bits per heavy atom.